The van der Waals surface area contributed by atoms with Crippen LogP contribution in [-0.2, 0) is 4.79 Å². The van der Waals surface area contributed by atoms with Crippen molar-refractivity contribution in [1.29, 1.82) is 0 Å². The Balaban J connectivity index is 1.73. The van der Waals surface area contributed by atoms with Gasteiger partial charge in [-0.2, -0.15) is 0 Å². The Morgan fingerprint density at radius 2 is 1.62 bits per heavy atom. The minimum atomic E-state index is -0.0649. The van der Waals surface area contributed by atoms with Crippen LogP contribution in [0.15, 0.2) is 42.5 Å². The maximum absolute atomic E-state index is 12.3. The summed E-state index contributed by atoms with van der Waals surface area (Å²) in [6, 6.07) is 13.1. The van der Waals surface area contributed by atoms with E-state index in [1.807, 2.05) is 45.9 Å². The van der Waals surface area contributed by atoms with Crippen molar-refractivity contribution < 1.29 is 14.3 Å². The summed E-state index contributed by atoms with van der Waals surface area (Å²) < 4.78 is 5.85. The molecule has 6 heteroatoms. The average Bonchev–Trinajstić information content (AvgIpc) is 2.71. The van der Waals surface area contributed by atoms with Crippen molar-refractivity contribution in [2.24, 2.45) is 0 Å². The topological polar surface area (TPSA) is 58.6 Å². The van der Waals surface area contributed by atoms with Crippen molar-refractivity contribution in [2.45, 2.75) is 27.7 Å². The molecule has 0 spiro atoms. The molecule has 0 bridgehead atoms. The minimum Gasteiger partial charge on any atom is -0.492 e. The molecule has 0 fully saturated rings. The minimum absolute atomic E-state index is 0.00678. The van der Waals surface area contributed by atoms with Crippen LogP contribution < -0.4 is 10.1 Å². The van der Waals surface area contributed by atoms with Gasteiger partial charge in [-0.15, -0.1) is 11.8 Å². The average molecular weight is 415 g/mol. The molecule has 0 heterocycles. The number of para-hydroxylation sites is 1. The quantitative estimate of drug-likeness (QED) is 0.580. The first-order chi connectivity index (χ1) is 14.0. The van der Waals surface area contributed by atoms with E-state index in [1.54, 1.807) is 29.2 Å². The normalized spacial score (nSPS) is 10.5. The number of thioether (sulfide) groups is 1. The summed E-state index contributed by atoms with van der Waals surface area (Å²) in [6.07, 6.45) is 0. The molecule has 0 aliphatic rings. The van der Waals surface area contributed by atoms with E-state index in [1.165, 1.54) is 11.8 Å². The van der Waals surface area contributed by atoms with Crippen LogP contribution in [0.4, 0.5) is 5.69 Å². The third kappa shape index (κ3) is 6.82. The zero-order valence-electron chi connectivity index (χ0n) is 17.7. The van der Waals surface area contributed by atoms with E-state index >= 15 is 0 Å². The number of nitrogens with zero attached hydrogens (tertiary/aromatic N) is 1. The smallest absolute Gasteiger partial charge is 0.253 e. The standard InChI is InChI=1S/C23H30N2O3S/c1-5-25(6-2)23(27)19-10-12-20(13-11-19)24-21(26)16-29-15-14-28-22-17(3)8-7-9-18(22)4/h7-13H,5-6,14-16H2,1-4H3,(H,24,26). The number of benzene rings is 2. The zero-order chi connectivity index (χ0) is 21.2. The first-order valence-electron chi connectivity index (χ1n) is 9.92. The van der Waals surface area contributed by atoms with Crippen molar-refractivity contribution >= 4 is 29.3 Å². The number of ether oxygens (including phenoxy) is 1. The number of aryl methyl sites for hydroxylation is 2. The Labute approximate surface area is 177 Å². The van der Waals surface area contributed by atoms with Crippen LogP contribution in [-0.4, -0.2) is 47.9 Å². The van der Waals surface area contributed by atoms with Crippen molar-refractivity contribution in [1.82, 2.24) is 4.90 Å². The Bertz CT molecular complexity index is 797. The molecule has 0 saturated heterocycles. The predicted octanol–water partition coefficient (Wildman–Crippen LogP) is 4.54. The van der Waals surface area contributed by atoms with E-state index in [-0.39, 0.29) is 11.8 Å². The van der Waals surface area contributed by atoms with E-state index < -0.39 is 0 Å². The van der Waals surface area contributed by atoms with Gasteiger partial charge in [-0.1, -0.05) is 18.2 Å². The summed E-state index contributed by atoms with van der Waals surface area (Å²) in [4.78, 5) is 26.2. The fraction of sp³-hybridized carbons (Fsp3) is 0.391. The van der Waals surface area contributed by atoms with Crippen LogP contribution >= 0.6 is 11.8 Å². The van der Waals surface area contributed by atoms with E-state index in [0.29, 0.717) is 36.7 Å². The molecule has 156 valence electrons. The molecule has 0 saturated carbocycles. The van der Waals surface area contributed by atoms with Crippen LogP contribution in [0, 0.1) is 13.8 Å². The first kappa shape index (κ1) is 22.8. The molecule has 2 rings (SSSR count). The second-order valence-electron chi connectivity index (χ2n) is 6.72. The number of nitrogens with one attached hydrogen (secondary N) is 1. The second-order valence-corrected chi connectivity index (χ2v) is 7.83. The number of rotatable bonds is 10. The van der Waals surface area contributed by atoms with E-state index in [0.717, 1.165) is 22.6 Å². The number of carbonyl (C=O) groups excluding carboxylic acids is 2. The summed E-state index contributed by atoms with van der Waals surface area (Å²) in [5.74, 6) is 1.96. The number of hydrogen-bond donors (Lipinski definition) is 1. The van der Waals surface area contributed by atoms with Crippen molar-refractivity contribution in [3.05, 3.63) is 59.2 Å². The van der Waals surface area contributed by atoms with Crippen molar-refractivity contribution in [3.8, 4) is 5.75 Å². The van der Waals surface area contributed by atoms with Crippen LogP contribution in [0.3, 0.4) is 0 Å². The first-order valence-corrected chi connectivity index (χ1v) is 11.1. The lowest BCUT2D eigenvalue weighted by Crippen LogP contribution is -2.30. The molecule has 0 aromatic heterocycles. The molecule has 0 aliphatic heterocycles. The molecule has 29 heavy (non-hydrogen) atoms. The van der Waals surface area contributed by atoms with Crippen LogP contribution in [0.2, 0.25) is 0 Å². The lowest BCUT2D eigenvalue weighted by atomic mass is 10.1. The number of amides is 2. The van der Waals surface area contributed by atoms with Gasteiger partial charge < -0.3 is 15.0 Å². The molecule has 2 aromatic carbocycles. The van der Waals surface area contributed by atoms with Gasteiger partial charge >= 0.3 is 0 Å². The van der Waals surface area contributed by atoms with Gasteiger partial charge in [0.15, 0.2) is 0 Å². The highest BCUT2D eigenvalue weighted by Crippen LogP contribution is 2.22. The Morgan fingerprint density at radius 1 is 1.00 bits per heavy atom. The van der Waals surface area contributed by atoms with Crippen LogP contribution in [0.5, 0.6) is 5.75 Å². The lowest BCUT2D eigenvalue weighted by Gasteiger charge is -2.18. The maximum Gasteiger partial charge on any atom is 0.253 e. The molecule has 0 radical (unpaired) electrons. The third-order valence-corrected chi connectivity index (χ3v) is 5.50. The van der Waals surface area contributed by atoms with Crippen LogP contribution in [0.25, 0.3) is 0 Å². The summed E-state index contributed by atoms with van der Waals surface area (Å²) in [6.45, 7) is 9.90. The van der Waals surface area contributed by atoms with Crippen LogP contribution in [0.1, 0.15) is 35.3 Å². The molecule has 0 atom stereocenters. The Kier molecular flexibility index (Phi) is 9.06. The summed E-state index contributed by atoms with van der Waals surface area (Å²) in [5, 5.41) is 2.87. The molecule has 0 aliphatic carbocycles. The van der Waals surface area contributed by atoms with Gasteiger partial charge in [-0.3, -0.25) is 9.59 Å². The number of hydrogen-bond acceptors (Lipinski definition) is 4. The van der Waals surface area contributed by atoms with Gasteiger partial charge in [0, 0.05) is 30.1 Å². The molecule has 0 unspecified atom stereocenters. The SMILES string of the molecule is CCN(CC)C(=O)c1ccc(NC(=O)CSCCOc2c(C)cccc2C)cc1. The second kappa shape index (κ2) is 11.5. The van der Waals surface area contributed by atoms with E-state index in [2.05, 4.69) is 5.32 Å². The number of anilines is 1. The summed E-state index contributed by atoms with van der Waals surface area (Å²) >= 11 is 1.53. The fourth-order valence-electron chi connectivity index (χ4n) is 2.98. The van der Waals surface area contributed by atoms with Crippen molar-refractivity contribution in [2.75, 3.05) is 36.5 Å². The number of carbonyl (C=O) groups is 2. The van der Waals surface area contributed by atoms with Gasteiger partial charge in [0.1, 0.15) is 5.75 Å². The maximum atomic E-state index is 12.3. The molecule has 5 nitrogen and oxygen atoms in total. The van der Waals surface area contributed by atoms with Gasteiger partial charge in [-0.25, -0.2) is 0 Å². The van der Waals surface area contributed by atoms with Gasteiger partial charge in [-0.05, 0) is 63.1 Å². The summed E-state index contributed by atoms with van der Waals surface area (Å²) in [7, 11) is 0. The van der Waals surface area contributed by atoms with Gasteiger partial charge in [0.25, 0.3) is 5.91 Å². The van der Waals surface area contributed by atoms with E-state index in [4.69, 9.17) is 4.74 Å². The van der Waals surface area contributed by atoms with Crippen molar-refractivity contribution in [3.63, 3.8) is 0 Å². The molecular formula is C23H30N2O3S. The highest BCUT2D eigenvalue weighted by atomic mass is 32.2. The lowest BCUT2D eigenvalue weighted by molar-refractivity contribution is -0.113. The molecule has 1 N–H and O–H groups in total. The molecule has 2 amide bonds. The zero-order valence-corrected chi connectivity index (χ0v) is 18.5. The highest BCUT2D eigenvalue weighted by molar-refractivity contribution is 7.99. The molecular weight excluding hydrogens is 384 g/mol. The fourth-order valence-corrected chi connectivity index (χ4v) is 3.58. The Hall–Kier alpha value is -2.47. The monoisotopic (exact) mass is 414 g/mol. The molecule has 2 aromatic rings. The van der Waals surface area contributed by atoms with Gasteiger partial charge in [0.2, 0.25) is 5.91 Å². The van der Waals surface area contributed by atoms with Gasteiger partial charge in [0.05, 0.1) is 12.4 Å². The largest absolute Gasteiger partial charge is 0.492 e. The van der Waals surface area contributed by atoms with E-state index in [9.17, 15) is 9.59 Å². The highest BCUT2D eigenvalue weighted by Gasteiger charge is 2.12. The third-order valence-electron chi connectivity index (χ3n) is 4.58. The Morgan fingerprint density at radius 3 is 2.21 bits per heavy atom. The summed E-state index contributed by atoms with van der Waals surface area (Å²) in [5.41, 5.74) is 3.56. The predicted molar refractivity (Wildman–Crippen MR) is 121 cm³/mol.